The monoisotopic (exact) mass is 459 g/mol. The van der Waals surface area contributed by atoms with Crippen LogP contribution in [0, 0.1) is 0 Å². The highest BCUT2D eigenvalue weighted by Gasteiger charge is 2.27. The molecule has 0 radical (unpaired) electrons. The van der Waals surface area contributed by atoms with Crippen molar-refractivity contribution in [2.45, 2.75) is 38.1 Å². The van der Waals surface area contributed by atoms with Crippen LogP contribution < -0.4 is 0 Å². The molecule has 0 bridgehead atoms. The van der Waals surface area contributed by atoms with Gasteiger partial charge in [-0.3, -0.25) is 14.5 Å². The maximum atomic E-state index is 13.2. The van der Waals surface area contributed by atoms with E-state index in [0.717, 1.165) is 61.1 Å². The zero-order chi connectivity index (χ0) is 22.6. The van der Waals surface area contributed by atoms with Crippen molar-refractivity contribution in [3.05, 3.63) is 87.4 Å². The Hall–Kier alpha value is -2.83. The second-order valence-electron chi connectivity index (χ2n) is 8.90. The van der Waals surface area contributed by atoms with E-state index in [1.165, 1.54) is 11.1 Å². The first kappa shape index (κ1) is 22.0. The normalized spacial score (nSPS) is 16.8. The van der Waals surface area contributed by atoms with Gasteiger partial charge in [-0.1, -0.05) is 60.7 Å². The molecule has 5 rings (SSSR count). The van der Waals surface area contributed by atoms with Crippen LogP contribution in [0.15, 0.2) is 60.7 Å². The Morgan fingerprint density at radius 1 is 0.909 bits per heavy atom. The number of fused-ring (bicyclic) bond motifs is 1. The van der Waals surface area contributed by atoms with Crippen molar-refractivity contribution in [1.82, 2.24) is 14.8 Å². The Balaban J connectivity index is 1.20. The van der Waals surface area contributed by atoms with Crippen molar-refractivity contribution >= 4 is 23.0 Å². The van der Waals surface area contributed by atoms with E-state index in [2.05, 4.69) is 29.2 Å². The minimum absolute atomic E-state index is 0.0668. The number of ketones is 1. The lowest BCUT2D eigenvalue weighted by Gasteiger charge is -2.35. The predicted octanol–water partition coefficient (Wildman–Crippen LogP) is 4.53. The third kappa shape index (κ3) is 5.07. The highest BCUT2D eigenvalue weighted by molar-refractivity contribution is 7.13. The zero-order valence-corrected chi connectivity index (χ0v) is 19.6. The molecule has 0 atom stereocenters. The molecule has 0 saturated carbocycles. The second-order valence-corrected chi connectivity index (χ2v) is 9.98. The van der Waals surface area contributed by atoms with Crippen LogP contribution in [-0.2, 0) is 17.8 Å². The summed E-state index contributed by atoms with van der Waals surface area (Å²) in [5, 5.41) is 1.03. The molecule has 1 aliphatic carbocycles. The van der Waals surface area contributed by atoms with E-state index in [9.17, 15) is 9.59 Å². The molecule has 0 unspecified atom stereocenters. The predicted molar refractivity (Wildman–Crippen MR) is 131 cm³/mol. The number of carbonyl (C=O) groups is 2. The Labute approximate surface area is 199 Å². The van der Waals surface area contributed by atoms with Crippen LogP contribution in [0.25, 0.3) is 0 Å². The Morgan fingerprint density at radius 2 is 1.55 bits per heavy atom. The van der Waals surface area contributed by atoms with Crippen LogP contribution in [0.2, 0.25) is 0 Å². The summed E-state index contributed by atoms with van der Waals surface area (Å²) < 4.78 is 0. The summed E-state index contributed by atoms with van der Waals surface area (Å²) in [6.07, 6.45) is 2.98. The van der Waals surface area contributed by atoms with E-state index in [1.54, 1.807) is 11.3 Å². The number of Topliss-reactive ketones (excluding diaryl/α,β-unsaturated/α-hetero) is 1. The third-order valence-electron chi connectivity index (χ3n) is 6.68. The fraction of sp³-hybridized carbons (Fsp3) is 0.370. The van der Waals surface area contributed by atoms with Crippen LogP contribution in [0.3, 0.4) is 0 Å². The smallest absolute Gasteiger partial charge is 0.223 e. The number of rotatable bonds is 6. The molecule has 2 aliphatic rings. The molecule has 0 N–H and O–H groups in total. The molecule has 2 aromatic carbocycles. The number of hydrogen-bond acceptors (Lipinski definition) is 5. The molecular weight excluding hydrogens is 430 g/mol. The van der Waals surface area contributed by atoms with E-state index in [1.807, 2.05) is 41.3 Å². The lowest BCUT2D eigenvalue weighted by atomic mass is 9.88. The number of benzene rings is 2. The molecule has 33 heavy (non-hydrogen) atoms. The number of nitrogens with zero attached hydrogens (tertiary/aromatic N) is 3. The lowest BCUT2D eigenvalue weighted by molar-refractivity contribution is -0.133. The van der Waals surface area contributed by atoms with Gasteiger partial charge in [-0.15, -0.1) is 11.3 Å². The van der Waals surface area contributed by atoms with Gasteiger partial charge in [-0.2, -0.15) is 0 Å². The average molecular weight is 460 g/mol. The second kappa shape index (κ2) is 9.98. The van der Waals surface area contributed by atoms with Crippen LogP contribution in [0.5, 0.6) is 0 Å². The number of hydrogen-bond donors (Lipinski definition) is 0. The van der Waals surface area contributed by atoms with Gasteiger partial charge < -0.3 is 4.90 Å². The van der Waals surface area contributed by atoms with Crippen molar-refractivity contribution in [2.24, 2.45) is 0 Å². The maximum Gasteiger partial charge on any atom is 0.223 e. The van der Waals surface area contributed by atoms with Gasteiger partial charge in [0.1, 0.15) is 5.01 Å². The molecule has 0 spiro atoms. The molecule has 1 amide bonds. The van der Waals surface area contributed by atoms with Gasteiger partial charge in [0.15, 0.2) is 5.78 Å². The minimum atomic E-state index is 0.0668. The van der Waals surface area contributed by atoms with Crippen molar-refractivity contribution in [3.63, 3.8) is 0 Å². The van der Waals surface area contributed by atoms with Crippen molar-refractivity contribution in [2.75, 3.05) is 26.2 Å². The van der Waals surface area contributed by atoms with Crippen molar-refractivity contribution in [1.29, 1.82) is 0 Å². The largest absolute Gasteiger partial charge is 0.340 e. The Bertz CT molecular complexity index is 1070. The van der Waals surface area contributed by atoms with E-state index >= 15 is 0 Å². The van der Waals surface area contributed by atoms with Crippen LogP contribution in [0.1, 0.15) is 56.7 Å². The minimum Gasteiger partial charge on any atom is -0.340 e. The SMILES string of the molecule is O=C1CCCc2nc(CN3CCN(C(=O)CC(c4ccccc4)c4ccccc4)CC3)sc21. The summed E-state index contributed by atoms with van der Waals surface area (Å²) in [7, 11) is 0. The van der Waals surface area contributed by atoms with E-state index in [0.29, 0.717) is 12.8 Å². The van der Waals surface area contributed by atoms with Crippen molar-refractivity contribution < 1.29 is 9.59 Å². The molecule has 170 valence electrons. The van der Waals surface area contributed by atoms with Crippen molar-refractivity contribution in [3.8, 4) is 0 Å². The van der Waals surface area contributed by atoms with E-state index in [4.69, 9.17) is 4.98 Å². The van der Waals surface area contributed by atoms with Gasteiger partial charge in [0, 0.05) is 44.9 Å². The molecule has 6 heteroatoms. The highest BCUT2D eigenvalue weighted by Crippen LogP contribution is 2.30. The maximum absolute atomic E-state index is 13.2. The fourth-order valence-corrected chi connectivity index (χ4v) is 5.95. The van der Waals surface area contributed by atoms with Gasteiger partial charge in [-0.25, -0.2) is 4.98 Å². The molecule has 1 aromatic heterocycles. The van der Waals surface area contributed by atoms with E-state index in [-0.39, 0.29) is 17.6 Å². The highest BCUT2D eigenvalue weighted by atomic mass is 32.1. The van der Waals surface area contributed by atoms with Gasteiger partial charge in [0.05, 0.1) is 17.1 Å². The standard InChI is InChI=1S/C27H29N3O2S/c31-24-13-7-12-23-27(24)33-25(28-23)19-29-14-16-30(17-15-29)26(32)18-22(20-8-3-1-4-9-20)21-10-5-2-6-11-21/h1-6,8-11,22H,7,12-19H2. The van der Waals surface area contributed by atoms with Crippen LogP contribution >= 0.6 is 11.3 Å². The quantitative estimate of drug-likeness (QED) is 0.544. The molecular formula is C27H29N3O2S. The number of piperazine rings is 1. The molecule has 1 fully saturated rings. The molecule has 5 nitrogen and oxygen atoms in total. The Kier molecular flexibility index (Phi) is 6.65. The number of thiazole rings is 1. The van der Waals surface area contributed by atoms with Gasteiger partial charge in [-0.05, 0) is 24.0 Å². The average Bonchev–Trinajstić information content (AvgIpc) is 3.28. The molecule has 1 saturated heterocycles. The fourth-order valence-electron chi connectivity index (χ4n) is 4.83. The lowest BCUT2D eigenvalue weighted by Crippen LogP contribution is -2.48. The van der Waals surface area contributed by atoms with Gasteiger partial charge in [0.2, 0.25) is 5.91 Å². The topological polar surface area (TPSA) is 53.5 Å². The summed E-state index contributed by atoms with van der Waals surface area (Å²) in [5.74, 6) is 0.529. The molecule has 2 heterocycles. The summed E-state index contributed by atoms with van der Waals surface area (Å²) in [4.78, 5) is 35.3. The number of aromatic nitrogens is 1. The summed E-state index contributed by atoms with van der Waals surface area (Å²) in [5.41, 5.74) is 3.35. The first-order chi connectivity index (χ1) is 16.2. The number of carbonyl (C=O) groups excluding carboxylic acids is 2. The third-order valence-corrected chi connectivity index (χ3v) is 7.80. The summed E-state index contributed by atoms with van der Waals surface area (Å²) >= 11 is 1.56. The van der Waals surface area contributed by atoms with E-state index < -0.39 is 0 Å². The molecule has 3 aromatic rings. The van der Waals surface area contributed by atoms with Crippen LogP contribution in [0.4, 0.5) is 0 Å². The van der Waals surface area contributed by atoms with Crippen LogP contribution in [-0.4, -0.2) is 52.7 Å². The zero-order valence-electron chi connectivity index (χ0n) is 18.8. The van der Waals surface area contributed by atoms with Gasteiger partial charge in [0.25, 0.3) is 0 Å². The number of aryl methyl sites for hydroxylation is 1. The Morgan fingerprint density at radius 3 is 2.15 bits per heavy atom. The molecule has 1 aliphatic heterocycles. The first-order valence-corrected chi connectivity index (χ1v) is 12.6. The summed E-state index contributed by atoms with van der Waals surface area (Å²) in [6.45, 7) is 3.92. The summed E-state index contributed by atoms with van der Waals surface area (Å²) in [6, 6.07) is 20.6. The first-order valence-electron chi connectivity index (χ1n) is 11.8. The number of amides is 1. The van der Waals surface area contributed by atoms with Gasteiger partial charge >= 0.3 is 0 Å².